The van der Waals surface area contributed by atoms with Gasteiger partial charge in [0.1, 0.15) is 0 Å². The molecule has 2 saturated heterocycles. The Bertz CT molecular complexity index is 1060. The van der Waals surface area contributed by atoms with Gasteiger partial charge in [-0.2, -0.15) is 0 Å². The van der Waals surface area contributed by atoms with Crippen molar-refractivity contribution >= 4 is 17.5 Å². The van der Waals surface area contributed by atoms with Crippen LogP contribution in [0.2, 0.25) is 0 Å². The van der Waals surface area contributed by atoms with E-state index in [1.807, 2.05) is 18.2 Å². The summed E-state index contributed by atoms with van der Waals surface area (Å²) in [6.45, 7) is 7.11. The molecule has 37 heavy (non-hydrogen) atoms. The van der Waals surface area contributed by atoms with E-state index >= 15 is 0 Å². The number of aryl methyl sites for hydroxylation is 2. The fourth-order valence-corrected chi connectivity index (χ4v) is 5.82. The topological polar surface area (TPSA) is 86.8 Å². The van der Waals surface area contributed by atoms with Crippen molar-refractivity contribution in [3.63, 3.8) is 0 Å². The summed E-state index contributed by atoms with van der Waals surface area (Å²) in [6.07, 6.45) is 8.45. The van der Waals surface area contributed by atoms with Crippen LogP contribution in [-0.2, 0) is 33.7 Å². The number of nitrogens with zero attached hydrogens (tertiary/aromatic N) is 3. The van der Waals surface area contributed by atoms with Crippen LogP contribution in [-0.4, -0.2) is 79.1 Å². The van der Waals surface area contributed by atoms with Crippen molar-refractivity contribution in [2.45, 2.75) is 38.6 Å². The molecule has 8 heteroatoms. The highest BCUT2D eigenvalue weighted by Crippen LogP contribution is 2.28. The van der Waals surface area contributed by atoms with Crippen molar-refractivity contribution in [1.29, 1.82) is 0 Å². The zero-order valence-corrected chi connectivity index (χ0v) is 21.7. The summed E-state index contributed by atoms with van der Waals surface area (Å²) in [5, 5.41) is 6.30. The molecule has 8 nitrogen and oxygen atoms in total. The minimum absolute atomic E-state index is 0.00231. The predicted molar refractivity (Wildman–Crippen MR) is 143 cm³/mol. The van der Waals surface area contributed by atoms with Gasteiger partial charge < -0.3 is 15.4 Å². The second-order valence-corrected chi connectivity index (χ2v) is 10.6. The van der Waals surface area contributed by atoms with Crippen molar-refractivity contribution in [3.8, 4) is 0 Å². The summed E-state index contributed by atoms with van der Waals surface area (Å²) < 4.78 is 5.41. The fourth-order valence-electron chi connectivity index (χ4n) is 5.82. The van der Waals surface area contributed by atoms with E-state index in [4.69, 9.17) is 4.74 Å². The first-order chi connectivity index (χ1) is 18.1. The molecule has 0 radical (unpaired) electrons. The Morgan fingerprint density at radius 3 is 2.51 bits per heavy atom. The molecule has 2 fully saturated rings. The predicted octanol–water partition coefficient (Wildman–Crippen LogP) is 2.49. The van der Waals surface area contributed by atoms with Crippen LogP contribution in [0.15, 0.2) is 42.7 Å². The molecular weight excluding hydrogens is 466 g/mol. The number of piperidine rings is 1. The maximum absolute atomic E-state index is 13.4. The highest BCUT2D eigenvalue weighted by atomic mass is 16.5. The molecule has 0 saturated carbocycles. The molecule has 1 aromatic carbocycles. The largest absolute Gasteiger partial charge is 0.379 e. The standard InChI is InChI=1S/C29H39N5O3/c35-28(31-9-2-12-33-13-15-37-16-14-33)25-17-26(21-34(20-25)19-22-7-10-30-11-8-22)29(36)32-27-6-5-23-3-1-4-24(23)18-27/h5-8,10-11,18,25-26H,1-4,9,12-17,19-21H2,(H,31,35)(H,32,36)/t25-,26+/m0/s1. The van der Waals surface area contributed by atoms with Gasteiger partial charge in [0, 0.05) is 57.3 Å². The van der Waals surface area contributed by atoms with Gasteiger partial charge in [-0.15, -0.1) is 0 Å². The molecule has 1 aliphatic carbocycles. The summed E-state index contributed by atoms with van der Waals surface area (Å²) in [4.78, 5) is 35.3. The zero-order valence-electron chi connectivity index (χ0n) is 21.7. The van der Waals surface area contributed by atoms with E-state index < -0.39 is 0 Å². The molecular formula is C29H39N5O3. The Balaban J connectivity index is 1.19. The van der Waals surface area contributed by atoms with Gasteiger partial charge in [-0.1, -0.05) is 6.07 Å². The molecule has 5 rings (SSSR count). The van der Waals surface area contributed by atoms with E-state index in [0.717, 1.165) is 63.4 Å². The number of benzene rings is 1. The van der Waals surface area contributed by atoms with E-state index in [1.165, 1.54) is 17.5 Å². The molecule has 1 aromatic heterocycles. The van der Waals surface area contributed by atoms with Gasteiger partial charge in [-0.25, -0.2) is 0 Å². The minimum Gasteiger partial charge on any atom is -0.379 e. The number of carbonyl (C=O) groups is 2. The van der Waals surface area contributed by atoms with Crippen LogP contribution in [0.25, 0.3) is 0 Å². The third-order valence-corrected chi connectivity index (χ3v) is 7.84. The Hall–Kier alpha value is -2.81. The quantitative estimate of drug-likeness (QED) is 0.510. The smallest absolute Gasteiger partial charge is 0.228 e. The second kappa shape index (κ2) is 12.6. The minimum atomic E-state index is -0.243. The molecule has 2 aromatic rings. The maximum Gasteiger partial charge on any atom is 0.228 e. The Labute approximate surface area is 219 Å². The number of pyridine rings is 1. The number of amides is 2. The Morgan fingerprint density at radius 2 is 1.70 bits per heavy atom. The molecule has 3 aliphatic rings. The van der Waals surface area contributed by atoms with Crippen LogP contribution in [0.1, 0.15) is 36.0 Å². The number of likely N-dealkylation sites (tertiary alicyclic amines) is 1. The van der Waals surface area contributed by atoms with Gasteiger partial charge in [-0.05, 0) is 79.6 Å². The van der Waals surface area contributed by atoms with E-state index in [0.29, 0.717) is 32.6 Å². The van der Waals surface area contributed by atoms with Crippen LogP contribution >= 0.6 is 0 Å². The third kappa shape index (κ3) is 7.15. The summed E-state index contributed by atoms with van der Waals surface area (Å²) in [5.41, 5.74) is 4.74. The first kappa shape index (κ1) is 25.8. The van der Waals surface area contributed by atoms with Gasteiger partial charge in [-0.3, -0.25) is 24.4 Å². The number of ether oxygens (including phenoxy) is 1. The zero-order chi connectivity index (χ0) is 25.5. The van der Waals surface area contributed by atoms with E-state index in [9.17, 15) is 9.59 Å². The lowest BCUT2D eigenvalue weighted by molar-refractivity contribution is -0.130. The highest BCUT2D eigenvalue weighted by molar-refractivity contribution is 5.93. The Kier molecular flexibility index (Phi) is 8.81. The number of hydrogen-bond donors (Lipinski definition) is 2. The van der Waals surface area contributed by atoms with Gasteiger partial charge >= 0.3 is 0 Å². The van der Waals surface area contributed by atoms with Crippen molar-refractivity contribution in [1.82, 2.24) is 20.1 Å². The lowest BCUT2D eigenvalue weighted by atomic mass is 9.87. The lowest BCUT2D eigenvalue weighted by Gasteiger charge is -2.36. The summed E-state index contributed by atoms with van der Waals surface area (Å²) >= 11 is 0. The van der Waals surface area contributed by atoms with Gasteiger partial charge in [0.2, 0.25) is 11.8 Å². The van der Waals surface area contributed by atoms with Gasteiger partial charge in [0.05, 0.1) is 25.0 Å². The average molecular weight is 506 g/mol. The van der Waals surface area contributed by atoms with Crippen molar-refractivity contribution in [2.24, 2.45) is 11.8 Å². The number of carbonyl (C=O) groups excluding carboxylic acids is 2. The second-order valence-electron chi connectivity index (χ2n) is 10.6. The number of rotatable bonds is 9. The number of morpholine rings is 1. The van der Waals surface area contributed by atoms with Crippen molar-refractivity contribution in [3.05, 3.63) is 59.4 Å². The number of hydrogen-bond acceptors (Lipinski definition) is 6. The van der Waals surface area contributed by atoms with Crippen molar-refractivity contribution < 1.29 is 14.3 Å². The molecule has 2 N–H and O–H groups in total. The number of anilines is 1. The molecule has 0 unspecified atom stereocenters. The van der Waals surface area contributed by atoms with E-state index in [1.54, 1.807) is 12.4 Å². The molecule has 2 atom stereocenters. The Morgan fingerprint density at radius 1 is 0.946 bits per heavy atom. The van der Waals surface area contributed by atoms with Gasteiger partial charge in [0.25, 0.3) is 0 Å². The monoisotopic (exact) mass is 505 g/mol. The van der Waals surface area contributed by atoms with Crippen molar-refractivity contribution in [2.75, 3.05) is 57.8 Å². The molecule has 2 amide bonds. The third-order valence-electron chi connectivity index (χ3n) is 7.84. The first-order valence-corrected chi connectivity index (χ1v) is 13.8. The van der Waals surface area contributed by atoms with Crippen LogP contribution in [0.3, 0.4) is 0 Å². The summed E-state index contributed by atoms with van der Waals surface area (Å²) in [7, 11) is 0. The molecule has 0 spiro atoms. The number of fused-ring (bicyclic) bond motifs is 1. The summed E-state index contributed by atoms with van der Waals surface area (Å²) in [6, 6.07) is 10.3. The van der Waals surface area contributed by atoms with E-state index in [-0.39, 0.29) is 23.7 Å². The first-order valence-electron chi connectivity index (χ1n) is 13.8. The molecule has 198 valence electrons. The lowest BCUT2D eigenvalue weighted by Crippen LogP contribution is -2.49. The van der Waals surface area contributed by atoms with Crippen LogP contribution in [0.4, 0.5) is 5.69 Å². The number of aromatic nitrogens is 1. The average Bonchev–Trinajstić information content (AvgIpc) is 3.40. The van der Waals surface area contributed by atoms with E-state index in [2.05, 4.69) is 37.6 Å². The van der Waals surface area contributed by atoms with Crippen LogP contribution in [0.5, 0.6) is 0 Å². The molecule has 3 heterocycles. The maximum atomic E-state index is 13.4. The fraction of sp³-hybridized carbons (Fsp3) is 0.552. The highest BCUT2D eigenvalue weighted by Gasteiger charge is 2.35. The normalized spacial score (nSPS) is 22.4. The number of nitrogens with one attached hydrogen (secondary N) is 2. The molecule has 2 aliphatic heterocycles. The SMILES string of the molecule is O=C(NCCCN1CCOCC1)[C@H]1C[C@@H](C(=O)Nc2ccc3c(c2)CCC3)CN(Cc2ccncc2)C1. The van der Waals surface area contributed by atoms with Gasteiger partial charge in [0.15, 0.2) is 0 Å². The van der Waals surface area contributed by atoms with Crippen LogP contribution < -0.4 is 10.6 Å². The molecule has 0 bridgehead atoms. The summed E-state index contributed by atoms with van der Waals surface area (Å²) in [5.74, 6) is -0.401. The van der Waals surface area contributed by atoms with Crippen LogP contribution in [0, 0.1) is 11.8 Å².